The van der Waals surface area contributed by atoms with Gasteiger partial charge in [-0.3, -0.25) is 24.8 Å². The summed E-state index contributed by atoms with van der Waals surface area (Å²) in [5, 5.41) is 1.94. The number of carbonyl (C=O) groups is 2. The first-order valence-electron chi connectivity index (χ1n) is 6.63. The molecule has 0 atom stereocenters. The second-order valence-corrected chi connectivity index (χ2v) is 6.67. The minimum Gasteiger partial charge on any atom is -0.469 e. The van der Waals surface area contributed by atoms with Crippen LogP contribution in [0, 0.1) is 6.92 Å². The Morgan fingerprint density at radius 2 is 2.13 bits per heavy atom. The summed E-state index contributed by atoms with van der Waals surface area (Å²) in [4.78, 5) is 30.7. The summed E-state index contributed by atoms with van der Waals surface area (Å²) in [5.41, 5.74) is 6.04. The summed E-state index contributed by atoms with van der Waals surface area (Å²) in [7, 11) is 0. The van der Waals surface area contributed by atoms with E-state index in [1.807, 2.05) is 16.0 Å². The fraction of sp³-hybridized carbons (Fsp3) is 0.0714. The van der Waals surface area contributed by atoms with E-state index in [1.165, 1.54) is 28.9 Å². The van der Waals surface area contributed by atoms with E-state index in [1.54, 1.807) is 19.1 Å². The van der Waals surface area contributed by atoms with Crippen LogP contribution in [0.2, 0.25) is 0 Å². The van der Waals surface area contributed by atoms with Crippen LogP contribution in [0.5, 0.6) is 0 Å². The molecule has 0 fully saturated rings. The van der Waals surface area contributed by atoms with Gasteiger partial charge in [0, 0.05) is 11.6 Å². The Hall–Kier alpha value is -2.65. The molecule has 0 aliphatic carbocycles. The number of nitrogens with one attached hydrogen (secondary N) is 2. The lowest BCUT2D eigenvalue weighted by Crippen LogP contribution is -2.41. The first-order valence-corrected chi connectivity index (χ1v) is 8.33. The predicted octanol–water partition coefficient (Wildman–Crippen LogP) is 2.59. The molecule has 23 heavy (non-hydrogen) atoms. The molecule has 0 saturated heterocycles. The number of furan rings is 1. The molecule has 2 N–H and O–H groups in total. The van der Waals surface area contributed by atoms with E-state index in [0.717, 1.165) is 15.3 Å². The molecule has 4 rings (SSSR count). The topological polar surface area (TPSA) is 88.6 Å². The van der Waals surface area contributed by atoms with E-state index in [-0.39, 0.29) is 5.91 Å². The van der Waals surface area contributed by atoms with Crippen LogP contribution in [0.25, 0.3) is 15.3 Å². The second kappa shape index (κ2) is 5.21. The van der Waals surface area contributed by atoms with Crippen LogP contribution in [0.1, 0.15) is 25.8 Å². The first kappa shape index (κ1) is 14.0. The molecule has 0 unspecified atom stereocenters. The number of aryl methyl sites for hydroxylation is 1. The lowest BCUT2D eigenvalue weighted by Gasteiger charge is -2.05. The van der Waals surface area contributed by atoms with Crippen LogP contribution in [-0.4, -0.2) is 21.2 Å². The normalized spacial score (nSPS) is 11.2. The zero-order chi connectivity index (χ0) is 16.0. The molecule has 7 nitrogen and oxygen atoms in total. The Morgan fingerprint density at radius 3 is 2.91 bits per heavy atom. The summed E-state index contributed by atoms with van der Waals surface area (Å²) in [6.07, 6.45) is 3.33. The van der Waals surface area contributed by atoms with E-state index in [2.05, 4.69) is 15.8 Å². The summed E-state index contributed by atoms with van der Waals surface area (Å²) in [6.45, 7) is 1.68. The van der Waals surface area contributed by atoms with Crippen molar-refractivity contribution in [1.82, 2.24) is 20.2 Å². The van der Waals surface area contributed by atoms with Gasteiger partial charge in [0.25, 0.3) is 11.8 Å². The number of thiazole rings is 1. The van der Waals surface area contributed by atoms with Crippen molar-refractivity contribution >= 4 is 49.8 Å². The van der Waals surface area contributed by atoms with Gasteiger partial charge in [0.15, 0.2) is 4.96 Å². The molecule has 2 amide bonds. The molecule has 9 heteroatoms. The molecule has 0 bridgehead atoms. The Balaban J connectivity index is 1.51. The molecule has 116 valence electrons. The average Bonchev–Trinajstić information content (AvgIpc) is 3.25. The van der Waals surface area contributed by atoms with Crippen molar-refractivity contribution in [1.29, 1.82) is 0 Å². The summed E-state index contributed by atoms with van der Waals surface area (Å²) < 4.78 is 6.99. The van der Waals surface area contributed by atoms with Crippen LogP contribution in [0.4, 0.5) is 0 Å². The number of hydrazine groups is 1. The summed E-state index contributed by atoms with van der Waals surface area (Å²) >= 11 is 2.82. The van der Waals surface area contributed by atoms with Crippen molar-refractivity contribution in [2.75, 3.05) is 0 Å². The van der Waals surface area contributed by atoms with Gasteiger partial charge in [0.05, 0.1) is 22.2 Å². The van der Waals surface area contributed by atoms with Gasteiger partial charge in [-0.15, -0.1) is 22.7 Å². The quantitative estimate of drug-likeness (QED) is 0.546. The number of rotatable bonds is 2. The Bertz CT molecular complexity index is 1040. The molecule has 0 aromatic carbocycles. The van der Waals surface area contributed by atoms with E-state index in [4.69, 9.17) is 4.42 Å². The monoisotopic (exact) mass is 346 g/mol. The van der Waals surface area contributed by atoms with Gasteiger partial charge in [-0.25, -0.2) is 4.98 Å². The molecule has 0 radical (unpaired) electrons. The third kappa shape index (κ3) is 2.30. The standard InChI is InChI=1S/C14H10N4O3S2/c1-7-8(2-4-21-7)11(19)16-17-12(20)10-6-9-13(23-10)15-14-18(9)3-5-22-14/h2-6H,1H3,(H,16,19)(H,17,20). The Labute approximate surface area is 137 Å². The number of nitrogens with zero attached hydrogens (tertiary/aromatic N) is 2. The third-order valence-corrected chi connectivity index (χ3v) is 5.13. The van der Waals surface area contributed by atoms with Crippen molar-refractivity contribution in [3.8, 4) is 0 Å². The number of aromatic nitrogens is 2. The Kier molecular flexibility index (Phi) is 3.17. The smallest absolute Gasteiger partial charge is 0.279 e. The van der Waals surface area contributed by atoms with Crippen molar-refractivity contribution in [2.45, 2.75) is 6.92 Å². The van der Waals surface area contributed by atoms with Gasteiger partial charge in [0.1, 0.15) is 10.6 Å². The highest BCUT2D eigenvalue weighted by atomic mass is 32.1. The maximum absolute atomic E-state index is 12.2. The lowest BCUT2D eigenvalue weighted by atomic mass is 10.2. The number of hydrogen-bond acceptors (Lipinski definition) is 6. The second-order valence-electron chi connectivity index (χ2n) is 4.77. The zero-order valence-electron chi connectivity index (χ0n) is 11.8. The molecule has 0 saturated carbocycles. The van der Waals surface area contributed by atoms with Crippen molar-refractivity contribution in [3.63, 3.8) is 0 Å². The van der Waals surface area contributed by atoms with E-state index < -0.39 is 5.91 Å². The van der Waals surface area contributed by atoms with Gasteiger partial charge >= 0.3 is 0 Å². The van der Waals surface area contributed by atoms with Gasteiger partial charge in [0.2, 0.25) is 0 Å². The average molecular weight is 346 g/mol. The van der Waals surface area contributed by atoms with Crippen LogP contribution in [0.3, 0.4) is 0 Å². The minimum absolute atomic E-state index is 0.382. The molecule has 0 spiro atoms. The van der Waals surface area contributed by atoms with Gasteiger partial charge in [-0.05, 0) is 19.1 Å². The number of imidazole rings is 1. The van der Waals surface area contributed by atoms with E-state index in [9.17, 15) is 9.59 Å². The first-order chi connectivity index (χ1) is 11.1. The molecular weight excluding hydrogens is 336 g/mol. The maximum Gasteiger partial charge on any atom is 0.279 e. The number of hydrogen-bond donors (Lipinski definition) is 2. The fourth-order valence-electron chi connectivity index (χ4n) is 2.22. The summed E-state index contributed by atoms with van der Waals surface area (Å²) in [6, 6.07) is 3.31. The van der Waals surface area contributed by atoms with Crippen LogP contribution in [-0.2, 0) is 0 Å². The zero-order valence-corrected chi connectivity index (χ0v) is 13.5. The van der Waals surface area contributed by atoms with Crippen molar-refractivity contribution in [2.24, 2.45) is 0 Å². The van der Waals surface area contributed by atoms with Crippen molar-refractivity contribution in [3.05, 3.63) is 46.2 Å². The van der Waals surface area contributed by atoms with Crippen LogP contribution in [0.15, 0.2) is 34.4 Å². The molecule has 4 heterocycles. The summed E-state index contributed by atoms with van der Waals surface area (Å²) in [5.74, 6) is -0.314. The molecule has 4 aromatic rings. The number of fused-ring (bicyclic) bond motifs is 3. The lowest BCUT2D eigenvalue weighted by molar-refractivity contribution is 0.0848. The van der Waals surface area contributed by atoms with E-state index >= 15 is 0 Å². The van der Waals surface area contributed by atoms with Crippen molar-refractivity contribution < 1.29 is 14.0 Å². The highest BCUT2D eigenvalue weighted by Gasteiger charge is 2.17. The molecule has 0 aliphatic rings. The Morgan fingerprint density at radius 1 is 1.30 bits per heavy atom. The minimum atomic E-state index is -0.423. The van der Waals surface area contributed by atoms with Gasteiger partial charge < -0.3 is 4.42 Å². The number of amides is 2. The third-order valence-electron chi connectivity index (χ3n) is 3.36. The predicted molar refractivity (Wildman–Crippen MR) is 86.8 cm³/mol. The fourth-order valence-corrected chi connectivity index (χ4v) is 3.92. The van der Waals surface area contributed by atoms with Crippen LogP contribution < -0.4 is 10.9 Å². The molecule has 0 aliphatic heterocycles. The SMILES string of the molecule is Cc1occc1C(=O)NNC(=O)c1cc2c(nc3sccn32)s1. The number of carbonyl (C=O) groups excluding carboxylic acids is 2. The maximum atomic E-state index is 12.2. The van der Waals surface area contributed by atoms with Gasteiger partial charge in [-0.2, -0.15) is 0 Å². The largest absolute Gasteiger partial charge is 0.469 e. The highest BCUT2D eigenvalue weighted by molar-refractivity contribution is 7.21. The number of thiophene rings is 1. The van der Waals surface area contributed by atoms with Gasteiger partial charge in [-0.1, -0.05) is 0 Å². The van der Waals surface area contributed by atoms with E-state index in [0.29, 0.717) is 16.2 Å². The highest BCUT2D eigenvalue weighted by Crippen LogP contribution is 2.28. The molecular formula is C14H10N4O3S2. The molecule has 4 aromatic heterocycles. The van der Waals surface area contributed by atoms with Crippen LogP contribution >= 0.6 is 22.7 Å².